The van der Waals surface area contributed by atoms with Gasteiger partial charge < -0.3 is 0 Å². The third-order valence-electron chi connectivity index (χ3n) is 12.2. The molecule has 0 saturated heterocycles. The molecule has 3 heteroatoms. The molecule has 11 rings (SSSR count). The van der Waals surface area contributed by atoms with Crippen LogP contribution < -0.4 is 0 Å². The van der Waals surface area contributed by atoms with Crippen LogP contribution in [0.3, 0.4) is 0 Å². The van der Waals surface area contributed by atoms with E-state index in [0.717, 1.165) is 44.6 Å². The van der Waals surface area contributed by atoms with Crippen LogP contribution in [0.15, 0.2) is 200 Å². The van der Waals surface area contributed by atoms with Gasteiger partial charge in [-0.15, -0.1) is 0 Å². The van der Waals surface area contributed by atoms with Crippen molar-refractivity contribution in [2.75, 3.05) is 0 Å². The third kappa shape index (κ3) is 6.02. The number of pyridine rings is 1. The van der Waals surface area contributed by atoms with Crippen molar-refractivity contribution in [2.45, 2.75) is 19.3 Å². The first-order valence-electron chi connectivity index (χ1n) is 20.2. The molecule has 1 aliphatic rings. The summed E-state index contributed by atoms with van der Waals surface area (Å²) in [6, 6.07) is 67.7. The molecule has 278 valence electrons. The van der Waals surface area contributed by atoms with E-state index < -0.39 is 0 Å². The van der Waals surface area contributed by atoms with Crippen molar-refractivity contribution in [1.82, 2.24) is 15.0 Å². The Labute approximate surface area is 344 Å². The maximum Gasteiger partial charge on any atom is 0.160 e. The Balaban J connectivity index is 0.963. The summed E-state index contributed by atoms with van der Waals surface area (Å²) in [5.74, 6) is 0.699. The predicted molar refractivity (Wildman–Crippen MR) is 245 cm³/mol. The lowest BCUT2D eigenvalue weighted by molar-refractivity contribution is 0.661. The van der Waals surface area contributed by atoms with E-state index >= 15 is 0 Å². The van der Waals surface area contributed by atoms with Crippen LogP contribution in [0.1, 0.15) is 25.0 Å². The standard InChI is InChI=1S/C56H39N3/c1-56(2)51-29-26-43(32-49(51)50-31-41-13-6-7-14-42(41)33-52(50)56)36-18-22-38(23-19-36)45-27-28-48(47-17-9-8-16-46(45)47)54-34-53(58-55(59-54)40-11-4-3-5-12-40)39-24-20-37(21-25-39)44-15-10-30-57-35-44/h3-35H,1-2H3. The second kappa shape index (κ2) is 13.9. The van der Waals surface area contributed by atoms with Gasteiger partial charge in [-0.2, -0.15) is 0 Å². The number of aromatic nitrogens is 3. The first-order chi connectivity index (χ1) is 29.0. The fourth-order valence-electron chi connectivity index (χ4n) is 9.05. The molecule has 0 fully saturated rings. The van der Waals surface area contributed by atoms with Crippen LogP contribution in [-0.4, -0.2) is 15.0 Å². The van der Waals surface area contributed by atoms with Crippen molar-refractivity contribution in [1.29, 1.82) is 0 Å². The smallest absolute Gasteiger partial charge is 0.160 e. The van der Waals surface area contributed by atoms with Gasteiger partial charge in [0.25, 0.3) is 0 Å². The molecule has 2 aromatic heterocycles. The first-order valence-corrected chi connectivity index (χ1v) is 20.2. The van der Waals surface area contributed by atoms with Crippen LogP contribution in [0.5, 0.6) is 0 Å². The second-order valence-corrected chi connectivity index (χ2v) is 16.1. The van der Waals surface area contributed by atoms with Gasteiger partial charge in [-0.1, -0.05) is 172 Å². The zero-order valence-corrected chi connectivity index (χ0v) is 32.9. The summed E-state index contributed by atoms with van der Waals surface area (Å²) >= 11 is 0. The molecule has 3 nitrogen and oxygen atoms in total. The molecule has 0 radical (unpaired) electrons. The number of fused-ring (bicyclic) bond motifs is 5. The van der Waals surface area contributed by atoms with Gasteiger partial charge in [-0.25, -0.2) is 9.97 Å². The van der Waals surface area contributed by atoms with E-state index in [1.54, 1.807) is 6.20 Å². The normalized spacial score (nSPS) is 12.7. The van der Waals surface area contributed by atoms with Gasteiger partial charge >= 0.3 is 0 Å². The quantitative estimate of drug-likeness (QED) is 0.170. The van der Waals surface area contributed by atoms with Crippen LogP contribution in [0.25, 0.3) is 100.0 Å². The molecule has 0 atom stereocenters. The number of hydrogen-bond acceptors (Lipinski definition) is 3. The summed E-state index contributed by atoms with van der Waals surface area (Å²) in [5, 5.41) is 4.91. The Morgan fingerprint density at radius 3 is 1.68 bits per heavy atom. The highest BCUT2D eigenvalue weighted by atomic mass is 14.9. The molecule has 0 bridgehead atoms. The summed E-state index contributed by atoms with van der Waals surface area (Å²) in [6.45, 7) is 4.71. The van der Waals surface area contributed by atoms with Crippen LogP contribution in [0.2, 0.25) is 0 Å². The van der Waals surface area contributed by atoms with Crippen molar-refractivity contribution in [2.24, 2.45) is 0 Å². The van der Waals surface area contributed by atoms with Gasteiger partial charge in [-0.05, 0) is 108 Å². The molecule has 1 aliphatic carbocycles. The Hall–Kier alpha value is -7.49. The van der Waals surface area contributed by atoms with E-state index in [4.69, 9.17) is 9.97 Å². The summed E-state index contributed by atoms with van der Waals surface area (Å²) in [7, 11) is 0. The molecule has 2 heterocycles. The van der Waals surface area contributed by atoms with E-state index in [1.807, 2.05) is 30.5 Å². The summed E-state index contributed by atoms with van der Waals surface area (Å²) in [6.07, 6.45) is 3.69. The molecule has 0 saturated carbocycles. The third-order valence-corrected chi connectivity index (χ3v) is 12.2. The van der Waals surface area contributed by atoms with Crippen molar-refractivity contribution < 1.29 is 0 Å². The Morgan fingerprint density at radius 2 is 0.932 bits per heavy atom. The van der Waals surface area contributed by atoms with Gasteiger partial charge in [0.1, 0.15) is 0 Å². The Morgan fingerprint density at radius 1 is 0.356 bits per heavy atom. The van der Waals surface area contributed by atoms with Crippen molar-refractivity contribution in [3.8, 4) is 78.4 Å². The molecule has 0 spiro atoms. The van der Waals surface area contributed by atoms with E-state index in [1.165, 1.54) is 60.7 Å². The van der Waals surface area contributed by atoms with E-state index in [0.29, 0.717) is 5.82 Å². The average Bonchev–Trinajstić information content (AvgIpc) is 3.52. The lowest BCUT2D eigenvalue weighted by Gasteiger charge is -2.22. The highest BCUT2D eigenvalue weighted by Crippen LogP contribution is 2.51. The van der Waals surface area contributed by atoms with Gasteiger partial charge in [0.2, 0.25) is 0 Å². The van der Waals surface area contributed by atoms with Gasteiger partial charge in [0, 0.05) is 34.5 Å². The van der Waals surface area contributed by atoms with Crippen molar-refractivity contribution in [3.05, 3.63) is 212 Å². The minimum atomic E-state index is -0.0486. The highest BCUT2D eigenvalue weighted by molar-refractivity contribution is 6.05. The SMILES string of the molecule is CC1(C)c2ccc(-c3ccc(-c4ccc(-c5cc(-c6ccc(-c7cccnc7)cc6)nc(-c6ccccc6)n5)c5ccccc45)cc3)cc2-c2cc3ccccc3cc21. The van der Waals surface area contributed by atoms with E-state index in [2.05, 4.69) is 183 Å². The number of benzene rings is 8. The molecular weight excluding hydrogens is 715 g/mol. The number of nitrogens with zero attached hydrogens (tertiary/aromatic N) is 3. The molecular formula is C56H39N3. The van der Waals surface area contributed by atoms with Gasteiger partial charge in [0.05, 0.1) is 11.4 Å². The molecule has 0 aliphatic heterocycles. The molecule has 10 aromatic rings. The largest absolute Gasteiger partial charge is 0.264 e. The second-order valence-electron chi connectivity index (χ2n) is 16.1. The number of hydrogen-bond donors (Lipinski definition) is 0. The Bertz CT molecular complexity index is 3200. The first kappa shape index (κ1) is 34.7. The summed E-state index contributed by atoms with van der Waals surface area (Å²) in [4.78, 5) is 14.6. The monoisotopic (exact) mass is 753 g/mol. The van der Waals surface area contributed by atoms with Crippen LogP contribution in [-0.2, 0) is 5.41 Å². The molecule has 0 amide bonds. The zero-order chi connectivity index (χ0) is 39.5. The molecule has 8 aromatic carbocycles. The average molecular weight is 754 g/mol. The predicted octanol–water partition coefficient (Wildman–Crippen LogP) is 14.5. The lowest BCUT2D eigenvalue weighted by Crippen LogP contribution is -2.14. The van der Waals surface area contributed by atoms with Gasteiger partial charge in [-0.3, -0.25) is 4.98 Å². The fraction of sp³-hybridized carbons (Fsp3) is 0.0536. The summed E-state index contributed by atoms with van der Waals surface area (Å²) < 4.78 is 0. The maximum atomic E-state index is 5.21. The molecule has 59 heavy (non-hydrogen) atoms. The Kier molecular flexibility index (Phi) is 8.16. The van der Waals surface area contributed by atoms with Gasteiger partial charge in [0.15, 0.2) is 5.82 Å². The lowest BCUT2D eigenvalue weighted by atomic mass is 9.81. The van der Waals surface area contributed by atoms with Crippen LogP contribution in [0, 0.1) is 0 Å². The highest BCUT2D eigenvalue weighted by Gasteiger charge is 2.35. The number of rotatable bonds is 6. The maximum absolute atomic E-state index is 5.21. The molecule has 0 N–H and O–H groups in total. The minimum Gasteiger partial charge on any atom is -0.264 e. The topological polar surface area (TPSA) is 38.7 Å². The van der Waals surface area contributed by atoms with Crippen molar-refractivity contribution >= 4 is 21.5 Å². The van der Waals surface area contributed by atoms with Crippen LogP contribution >= 0.6 is 0 Å². The van der Waals surface area contributed by atoms with Crippen LogP contribution in [0.4, 0.5) is 0 Å². The molecule has 0 unspecified atom stereocenters. The van der Waals surface area contributed by atoms with Crippen molar-refractivity contribution in [3.63, 3.8) is 0 Å². The summed E-state index contributed by atoms with van der Waals surface area (Å²) in [5.41, 5.74) is 17.3. The zero-order valence-electron chi connectivity index (χ0n) is 32.9. The van der Waals surface area contributed by atoms with E-state index in [-0.39, 0.29) is 5.41 Å². The minimum absolute atomic E-state index is 0.0486. The fourth-order valence-corrected chi connectivity index (χ4v) is 9.05. The van der Waals surface area contributed by atoms with E-state index in [9.17, 15) is 0 Å².